The molecule has 236 valence electrons. The van der Waals surface area contributed by atoms with Crippen LogP contribution >= 0.6 is 0 Å². The summed E-state index contributed by atoms with van der Waals surface area (Å²) in [6, 6.07) is 28.7. The lowest BCUT2D eigenvalue weighted by Crippen LogP contribution is -2.68. The summed E-state index contributed by atoms with van der Waals surface area (Å²) < 4.78 is 18.2. The van der Waals surface area contributed by atoms with Gasteiger partial charge in [-0.05, 0) is 59.3 Å². The van der Waals surface area contributed by atoms with Gasteiger partial charge >= 0.3 is 0 Å². The van der Waals surface area contributed by atoms with E-state index in [-0.39, 0.29) is 10.9 Å². The number of ether oxygens (including phenoxy) is 2. The van der Waals surface area contributed by atoms with Gasteiger partial charge in [0.15, 0.2) is 0 Å². The van der Waals surface area contributed by atoms with Gasteiger partial charge in [0.05, 0.1) is 27.4 Å². The van der Waals surface area contributed by atoms with E-state index < -0.39 is 14.4 Å². The Kier molecular flexibility index (Phi) is 13.6. The van der Waals surface area contributed by atoms with Gasteiger partial charge in [0.2, 0.25) is 0 Å². The number of rotatable bonds is 16. The van der Waals surface area contributed by atoms with Crippen molar-refractivity contribution >= 4 is 24.6 Å². The molecule has 0 fully saturated rings. The van der Waals surface area contributed by atoms with E-state index >= 15 is 0 Å². The Morgan fingerprint density at radius 3 is 2.00 bits per heavy atom. The molecule has 0 bridgehead atoms. The number of methoxy groups -OCH3 is 1. The minimum atomic E-state index is -2.93. The summed E-state index contributed by atoms with van der Waals surface area (Å²) >= 11 is 0. The molecule has 0 heterocycles. The van der Waals surface area contributed by atoms with Crippen LogP contribution in [0, 0.1) is 0 Å². The Labute approximate surface area is 265 Å². The van der Waals surface area contributed by atoms with E-state index in [1.54, 1.807) is 14.2 Å². The topological polar surface area (TPSA) is 57.2 Å². The average molecular weight is 616 g/mol. The number of amides is 1. The first-order valence-corrected chi connectivity index (χ1v) is 17.2. The molecule has 3 aromatic rings. The van der Waals surface area contributed by atoms with E-state index in [0.717, 1.165) is 33.7 Å². The second-order valence-electron chi connectivity index (χ2n) is 11.9. The van der Waals surface area contributed by atoms with E-state index in [0.29, 0.717) is 26.1 Å². The summed E-state index contributed by atoms with van der Waals surface area (Å²) in [5.41, 5.74) is 2.28. The van der Waals surface area contributed by atoms with Crippen molar-refractivity contribution < 1.29 is 23.5 Å². The van der Waals surface area contributed by atoms with Crippen LogP contribution in [0.3, 0.4) is 0 Å². The average Bonchev–Trinajstić information content (AvgIpc) is 3.04. The highest BCUT2D eigenvalue weighted by atomic mass is 28.4. The number of hydrogen-bond donors (Lipinski definition) is 0. The van der Waals surface area contributed by atoms with Crippen molar-refractivity contribution in [1.82, 2.24) is 5.06 Å². The molecule has 0 aliphatic rings. The van der Waals surface area contributed by atoms with E-state index in [4.69, 9.17) is 18.7 Å². The SMILES string of the molecule is COc1ccc(COCC/C=C(C)/C=C/CCC(O[Si](c2ccccc2)(c2ccccc2)C(C)(C)C)C(=O)N(C)OC)cc1. The molecular formula is C37H49NO5Si. The van der Waals surface area contributed by atoms with Gasteiger partial charge in [-0.3, -0.25) is 9.63 Å². The van der Waals surface area contributed by atoms with Crippen molar-refractivity contribution in [2.45, 2.75) is 64.7 Å². The highest BCUT2D eigenvalue weighted by Crippen LogP contribution is 2.38. The zero-order valence-corrected chi connectivity index (χ0v) is 28.4. The van der Waals surface area contributed by atoms with E-state index in [1.165, 1.54) is 12.2 Å². The minimum absolute atomic E-state index is 0.185. The van der Waals surface area contributed by atoms with Crippen molar-refractivity contribution in [3.05, 3.63) is 114 Å². The molecule has 3 aromatic carbocycles. The van der Waals surface area contributed by atoms with Crippen molar-refractivity contribution in [1.29, 1.82) is 0 Å². The molecule has 0 saturated heterocycles. The van der Waals surface area contributed by atoms with Crippen LogP contribution in [0.25, 0.3) is 0 Å². The Bertz CT molecular complexity index is 1290. The Balaban J connectivity index is 1.71. The van der Waals surface area contributed by atoms with Gasteiger partial charge in [-0.1, -0.05) is 117 Å². The first-order chi connectivity index (χ1) is 21.1. The molecule has 0 aliphatic carbocycles. The number of hydrogen-bond acceptors (Lipinski definition) is 5. The van der Waals surface area contributed by atoms with Gasteiger partial charge in [0, 0.05) is 7.05 Å². The van der Waals surface area contributed by atoms with Crippen LogP contribution < -0.4 is 15.1 Å². The third-order valence-corrected chi connectivity index (χ3v) is 12.8. The van der Waals surface area contributed by atoms with Gasteiger partial charge in [-0.25, -0.2) is 5.06 Å². The molecule has 0 radical (unpaired) electrons. The fourth-order valence-corrected chi connectivity index (χ4v) is 9.96. The van der Waals surface area contributed by atoms with Crippen molar-refractivity contribution in [3.8, 4) is 5.75 Å². The molecule has 3 rings (SSSR count). The number of nitrogens with zero attached hydrogens (tertiary/aromatic N) is 1. The van der Waals surface area contributed by atoms with E-state index in [9.17, 15) is 4.79 Å². The lowest BCUT2D eigenvalue weighted by atomic mass is 10.1. The minimum Gasteiger partial charge on any atom is -0.497 e. The Hall–Kier alpha value is -3.49. The third-order valence-electron chi connectivity index (χ3n) is 7.73. The maximum atomic E-state index is 13.6. The molecule has 44 heavy (non-hydrogen) atoms. The number of hydroxylamine groups is 2. The normalized spacial score (nSPS) is 13.2. The van der Waals surface area contributed by atoms with Crippen LogP contribution in [0.4, 0.5) is 0 Å². The second-order valence-corrected chi connectivity index (χ2v) is 16.2. The number of carbonyl (C=O) groups excluding carboxylic acids is 1. The maximum Gasteiger partial charge on any atom is 0.273 e. The highest BCUT2D eigenvalue weighted by molar-refractivity contribution is 6.99. The summed E-state index contributed by atoms with van der Waals surface area (Å²) in [4.78, 5) is 19.0. The highest BCUT2D eigenvalue weighted by Gasteiger charge is 2.52. The van der Waals surface area contributed by atoms with Crippen molar-refractivity contribution in [2.24, 2.45) is 0 Å². The molecule has 0 spiro atoms. The molecular weight excluding hydrogens is 566 g/mol. The molecule has 0 aliphatic heterocycles. The first kappa shape index (κ1) is 35.0. The number of carbonyl (C=O) groups is 1. The molecule has 0 aromatic heterocycles. The molecule has 0 saturated carbocycles. The molecule has 1 atom stereocenters. The van der Waals surface area contributed by atoms with Gasteiger partial charge in [-0.15, -0.1) is 0 Å². The summed E-state index contributed by atoms with van der Waals surface area (Å²) in [7, 11) is 1.88. The van der Waals surface area contributed by atoms with E-state index in [1.807, 2.05) is 36.4 Å². The summed E-state index contributed by atoms with van der Waals surface area (Å²) in [6.07, 6.45) is 7.76. The van der Waals surface area contributed by atoms with Crippen LogP contribution in [-0.2, 0) is 25.4 Å². The summed E-state index contributed by atoms with van der Waals surface area (Å²) in [5, 5.41) is 3.31. The zero-order valence-electron chi connectivity index (χ0n) is 27.4. The van der Waals surface area contributed by atoms with Crippen LogP contribution in [0.5, 0.6) is 5.75 Å². The summed E-state index contributed by atoms with van der Waals surface area (Å²) in [5.74, 6) is 0.658. The van der Waals surface area contributed by atoms with Gasteiger partial charge < -0.3 is 13.9 Å². The van der Waals surface area contributed by atoms with Gasteiger partial charge in [-0.2, -0.15) is 0 Å². The zero-order chi connectivity index (χ0) is 32.0. The van der Waals surface area contributed by atoms with Crippen LogP contribution in [0.1, 0.15) is 52.5 Å². The molecule has 0 N–H and O–H groups in total. The van der Waals surface area contributed by atoms with Crippen molar-refractivity contribution in [3.63, 3.8) is 0 Å². The standard InChI is InChI=1S/C37H49NO5Si/c1-30(18-16-28-42-29-31-24-26-32(40-6)27-25-31)17-14-15-23-35(36(39)38(5)41-7)43-44(37(2,3)4,33-19-10-8-11-20-33)34-21-12-9-13-22-34/h8-14,17-22,24-27,35H,15-16,23,28-29H2,1-7H3/b17-14+,30-18+. The fraction of sp³-hybridized carbons (Fsp3) is 0.378. The van der Waals surface area contributed by atoms with Crippen molar-refractivity contribution in [2.75, 3.05) is 27.9 Å². The number of benzene rings is 3. The predicted octanol–water partition coefficient (Wildman–Crippen LogP) is 6.85. The van der Waals surface area contributed by atoms with Crippen LogP contribution in [0.2, 0.25) is 5.04 Å². The van der Waals surface area contributed by atoms with Gasteiger partial charge in [0.25, 0.3) is 14.2 Å². The molecule has 7 heteroatoms. The smallest absolute Gasteiger partial charge is 0.273 e. The van der Waals surface area contributed by atoms with Crippen LogP contribution in [0.15, 0.2) is 109 Å². The lowest BCUT2D eigenvalue weighted by Gasteiger charge is -2.45. The fourth-order valence-electron chi connectivity index (χ4n) is 5.30. The Morgan fingerprint density at radius 1 is 0.886 bits per heavy atom. The molecule has 6 nitrogen and oxygen atoms in total. The third kappa shape index (κ3) is 9.50. The lowest BCUT2D eigenvalue weighted by molar-refractivity contribution is -0.177. The van der Waals surface area contributed by atoms with E-state index in [2.05, 4.69) is 94.5 Å². The summed E-state index contributed by atoms with van der Waals surface area (Å²) in [6.45, 7) is 9.95. The maximum absolute atomic E-state index is 13.6. The van der Waals surface area contributed by atoms with Gasteiger partial charge in [0.1, 0.15) is 11.9 Å². The predicted molar refractivity (Wildman–Crippen MR) is 182 cm³/mol. The number of likely N-dealkylation sites (N-methyl/N-ethyl adjacent to an activating group) is 1. The van der Waals surface area contributed by atoms with Crippen LogP contribution in [-0.4, -0.2) is 53.3 Å². The monoisotopic (exact) mass is 615 g/mol. The quantitative estimate of drug-likeness (QED) is 0.0764. The molecule has 1 unspecified atom stereocenters. The second kappa shape index (κ2) is 17.1. The molecule has 1 amide bonds. The Morgan fingerprint density at radius 2 is 1.48 bits per heavy atom. The largest absolute Gasteiger partial charge is 0.497 e. The number of allylic oxidation sites excluding steroid dienone is 3. The first-order valence-electron chi connectivity index (χ1n) is 15.3.